The molecule has 1 unspecified atom stereocenters. The Balaban J connectivity index is 2.17. The predicted molar refractivity (Wildman–Crippen MR) is 84.6 cm³/mol. The lowest BCUT2D eigenvalue weighted by molar-refractivity contribution is 0.0970. The number of ketones is 1. The fourth-order valence-electron chi connectivity index (χ4n) is 1.76. The molecule has 1 heterocycles. The van der Waals surface area contributed by atoms with Crippen molar-refractivity contribution in [3.05, 3.63) is 47.3 Å². The van der Waals surface area contributed by atoms with Crippen molar-refractivity contribution in [2.24, 2.45) is 10.2 Å². The summed E-state index contributed by atoms with van der Waals surface area (Å²) in [7, 11) is 0. The van der Waals surface area contributed by atoms with E-state index >= 15 is 0 Å². The molecule has 0 fully saturated rings. The first-order chi connectivity index (χ1) is 10.8. The third-order valence-electron chi connectivity index (χ3n) is 3.20. The van der Waals surface area contributed by atoms with Gasteiger partial charge in [-0.15, -0.1) is 0 Å². The van der Waals surface area contributed by atoms with Gasteiger partial charge in [-0.3, -0.25) is 4.79 Å². The molecule has 0 aliphatic rings. The van der Waals surface area contributed by atoms with Crippen LogP contribution in [0.3, 0.4) is 0 Å². The number of carbonyl (C=O) groups is 1. The van der Waals surface area contributed by atoms with Crippen molar-refractivity contribution in [1.29, 1.82) is 5.26 Å². The van der Waals surface area contributed by atoms with Crippen molar-refractivity contribution in [2.75, 3.05) is 0 Å². The van der Waals surface area contributed by atoms with Crippen LogP contribution in [0, 0.1) is 18.3 Å². The molecule has 0 N–H and O–H groups in total. The zero-order valence-corrected chi connectivity index (χ0v) is 13.6. The van der Waals surface area contributed by atoms with Gasteiger partial charge in [0.25, 0.3) is 0 Å². The molecule has 0 saturated heterocycles. The van der Waals surface area contributed by atoms with Crippen LogP contribution in [0.5, 0.6) is 0 Å². The smallest absolute Gasteiger partial charge is 0.225 e. The third kappa shape index (κ3) is 4.10. The van der Waals surface area contributed by atoms with Gasteiger partial charge < -0.3 is 4.52 Å². The average Bonchev–Trinajstić information content (AvgIpc) is 2.99. The molecule has 0 aliphatic heterocycles. The number of azo groups is 1. The summed E-state index contributed by atoms with van der Waals surface area (Å²) in [5.74, 6) is 0.0515. The number of Topliss-reactive ketones (excluding diaryl/α,β-unsaturated/α-hetero) is 1. The minimum Gasteiger partial charge on any atom is -0.360 e. The van der Waals surface area contributed by atoms with E-state index in [1.165, 1.54) is 0 Å². The van der Waals surface area contributed by atoms with Gasteiger partial charge in [-0.05, 0) is 19.1 Å². The second kappa shape index (κ2) is 6.53. The highest BCUT2D eigenvalue weighted by molar-refractivity contribution is 6.00. The number of nitrogens with zero attached hydrogens (tertiary/aromatic N) is 4. The zero-order chi connectivity index (χ0) is 17.0. The molecule has 2 rings (SSSR count). The summed E-state index contributed by atoms with van der Waals surface area (Å²) in [4.78, 5) is 12.3. The van der Waals surface area contributed by atoms with E-state index in [2.05, 4.69) is 15.4 Å². The van der Waals surface area contributed by atoms with Crippen LogP contribution in [0.2, 0.25) is 0 Å². The van der Waals surface area contributed by atoms with Crippen LogP contribution >= 0.6 is 0 Å². The van der Waals surface area contributed by atoms with Gasteiger partial charge in [0.2, 0.25) is 11.8 Å². The van der Waals surface area contributed by atoms with E-state index in [1.54, 1.807) is 18.2 Å². The van der Waals surface area contributed by atoms with E-state index in [4.69, 9.17) is 9.78 Å². The maximum Gasteiger partial charge on any atom is 0.225 e. The molecular weight excluding hydrogens is 292 g/mol. The summed E-state index contributed by atoms with van der Waals surface area (Å²) in [5, 5.41) is 20.7. The fraction of sp³-hybridized carbons (Fsp3) is 0.353. The monoisotopic (exact) mass is 310 g/mol. The largest absolute Gasteiger partial charge is 0.360 e. The van der Waals surface area contributed by atoms with Gasteiger partial charge in [-0.2, -0.15) is 15.5 Å². The predicted octanol–water partition coefficient (Wildman–Crippen LogP) is 4.14. The van der Waals surface area contributed by atoms with Crippen LogP contribution in [-0.4, -0.2) is 17.0 Å². The van der Waals surface area contributed by atoms with Gasteiger partial charge in [-0.25, -0.2) is 0 Å². The fourth-order valence-corrected chi connectivity index (χ4v) is 1.76. The lowest BCUT2D eigenvalue weighted by atomic mass is 9.93. The Kier molecular flexibility index (Phi) is 4.70. The van der Waals surface area contributed by atoms with Gasteiger partial charge in [0.15, 0.2) is 5.69 Å². The molecule has 1 atom stereocenters. The van der Waals surface area contributed by atoms with Gasteiger partial charge in [-0.1, -0.05) is 43.6 Å². The highest BCUT2D eigenvalue weighted by atomic mass is 16.5. The minimum atomic E-state index is -1.24. The second-order valence-corrected chi connectivity index (χ2v) is 6.27. The summed E-state index contributed by atoms with van der Waals surface area (Å²) in [6.07, 6.45) is 0. The lowest BCUT2D eigenvalue weighted by Crippen LogP contribution is -2.16. The van der Waals surface area contributed by atoms with E-state index < -0.39 is 11.8 Å². The summed E-state index contributed by atoms with van der Waals surface area (Å²) >= 11 is 0. The zero-order valence-electron chi connectivity index (χ0n) is 13.6. The molecule has 1 aromatic heterocycles. The number of aromatic nitrogens is 1. The number of hydrogen-bond donors (Lipinski definition) is 0. The van der Waals surface area contributed by atoms with Gasteiger partial charge in [0.1, 0.15) is 11.8 Å². The molecule has 118 valence electrons. The van der Waals surface area contributed by atoms with Crippen LogP contribution in [0.15, 0.2) is 45.1 Å². The molecule has 6 nitrogen and oxygen atoms in total. The van der Waals surface area contributed by atoms with Gasteiger partial charge in [0.05, 0.1) is 5.69 Å². The molecule has 0 amide bonds. The Morgan fingerprint density at radius 3 is 2.48 bits per heavy atom. The molecule has 0 radical (unpaired) electrons. The Morgan fingerprint density at radius 2 is 1.96 bits per heavy atom. The Bertz CT molecular complexity index is 761. The van der Waals surface area contributed by atoms with Crippen LogP contribution in [0.4, 0.5) is 5.69 Å². The van der Waals surface area contributed by atoms with E-state index in [1.807, 2.05) is 45.9 Å². The van der Waals surface area contributed by atoms with Crippen molar-refractivity contribution in [1.82, 2.24) is 5.16 Å². The maximum atomic E-state index is 12.3. The third-order valence-corrected chi connectivity index (χ3v) is 3.20. The maximum absolute atomic E-state index is 12.3. The molecule has 1 aromatic carbocycles. The average molecular weight is 310 g/mol. The Labute approximate surface area is 134 Å². The van der Waals surface area contributed by atoms with E-state index in [0.717, 1.165) is 5.56 Å². The summed E-state index contributed by atoms with van der Waals surface area (Å²) in [5.41, 5.74) is 1.49. The topological polar surface area (TPSA) is 91.6 Å². The molecular formula is C17H18N4O2. The molecule has 0 bridgehead atoms. The highest BCUT2D eigenvalue weighted by Crippen LogP contribution is 2.23. The number of benzene rings is 1. The van der Waals surface area contributed by atoms with Crippen molar-refractivity contribution in [2.45, 2.75) is 39.2 Å². The van der Waals surface area contributed by atoms with Crippen molar-refractivity contribution >= 4 is 11.5 Å². The molecule has 6 heteroatoms. The number of aryl methyl sites for hydroxylation is 1. The standard InChI is InChI=1S/C17H18N4O2/c1-11-5-7-12(8-6-11)19-20-14(10-18)16(22)13-9-15(23-21-13)17(2,3)4/h5-9,14H,1-4H3. The number of rotatable bonds is 4. The summed E-state index contributed by atoms with van der Waals surface area (Å²) in [6.45, 7) is 7.79. The van der Waals surface area contributed by atoms with E-state index in [9.17, 15) is 4.79 Å². The number of hydrogen-bond acceptors (Lipinski definition) is 6. The number of carbonyl (C=O) groups excluding carboxylic acids is 1. The molecule has 0 saturated carbocycles. The molecule has 0 aliphatic carbocycles. The van der Waals surface area contributed by atoms with Crippen molar-refractivity contribution in [3.8, 4) is 6.07 Å². The first kappa shape index (κ1) is 16.6. The van der Waals surface area contributed by atoms with Crippen LogP contribution < -0.4 is 0 Å². The van der Waals surface area contributed by atoms with Crippen LogP contribution in [0.1, 0.15) is 42.6 Å². The molecule has 2 aromatic rings. The van der Waals surface area contributed by atoms with Gasteiger partial charge >= 0.3 is 0 Å². The molecule has 23 heavy (non-hydrogen) atoms. The summed E-state index contributed by atoms with van der Waals surface area (Å²) < 4.78 is 5.17. The Morgan fingerprint density at radius 1 is 1.30 bits per heavy atom. The van der Waals surface area contributed by atoms with Crippen molar-refractivity contribution in [3.63, 3.8) is 0 Å². The normalized spacial score (nSPS) is 13.0. The number of nitriles is 1. The quantitative estimate of drug-likeness (QED) is 0.626. The van der Waals surface area contributed by atoms with Crippen LogP contribution in [0.25, 0.3) is 0 Å². The minimum absolute atomic E-state index is 0.0873. The van der Waals surface area contributed by atoms with Crippen LogP contribution in [-0.2, 0) is 5.41 Å². The lowest BCUT2D eigenvalue weighted by Gasteiger charge is -2.12. The summed E-state index contributed by atoms with van der Waals surface area (Å²) in [6, 6.07) is 9.44. The van der Waals surface area contributed by atoms with E-state index in [-0.39, 0.29) is 11.1 Å². The Hall–Kier alpha value is -2.81. The first-order valence-electron chi connectivity index (χ1n) is 7.20. The van der Waals surface area contributed by atoms with E-state index in [0.29, 0.717) is 11.4 Å². The SMILES string of the molecule is Cc1ccc(N=NC(C#N)C(=O)c2cc(C(C)(C)C)on2)cc1. The first-order valence-corrected chi connectivity index (χ1v) is 7.20. The van der Waals surface area contributed by atoms with Gasteiger partial charge in [0, 0.05) is 11.5 Å². The second-order valence-electron chi connectivity index (χ2n) is 6.27. The highest BCUT2D eigenvalue weighted by Gasteiger charge is 2.26. The molecule has 0 spiro atoms. The van der Waals surface area contributed by atoms with Crippen molar-refractivity contribution < 1.29 is 9.32 Å².